The van der Waals surface area contributed by atoms with Crippen molar-refractivity contribution in [3.63, 3.8) is 0 Å². The fourth-order valence-electron chi connectivity index (χ4n) is 1.04. The van der Waals surface area contributed by atoms with Crippen LogP contribution < -0.4 is 10.6 Å². The minimum absolute atomic E-state index is 0.716. The summed E-state index contributed by atoms with van der Waals surface area (Å²) in [6.45, 7) is 2.19. The van der Waals surface area contributed by atoms with E-state index in [2.05, 4.69) is 20.1 Å². The van der Waals surface area contributed by atoms with Crippen molar-refractivity contribution < 1.29 is 28.7 Å². The molecule has 1 rings (SSSR count). The van der Waals surface area contributed by atoms with Crippen molar-refractivity contribution in [1.29, 1.82) is 0 Å². The third-order valence-corrected chi connectivity index (χ3v) is 1.59. The maximum atomic E-state index is 11.3. The second kappa shape index (κ2) is 4.60. The van der Waals surface area contributed by atoms with Crippen LogP contribution in [0.2, 0.25) is 0 Å². The maximum Gasteiger partial charge on any atom is 0.304 e. The molecule has 1 aliphatic heterocycles. The molecule has 1 fully saturated rings. The SMILES string of the molecule is CC(=O)O[C@H]1NC(=O)[C@H](OC(C)=O)NC1=O. The predicted octanol–water partition coefficient (Wildman–Crippen LogP) is -1.99. The van der Waals surface area contributed by atoms with E-state index >= 15 is 0 Å². The van der Waals surface area contributed by atoms with Crippen molar-refractivity contribution >= 4 is 23.8 Å². The molecule has 2 amide bonds. The number of nitrogens with one attached hydrogen (secondary N) is 2. The first-order valence-electron chi connectivity index (χ1n) is 4.35. The van der Waals surface area contributed by atoms with Crippen LogP contribution in [0, 0.1) is 0 Å². The summed E-state index contributed by atoms with van der Waals surface area (Å²) in [6.07, 6.45) is -2.78. The summed E-state index contributed by atoms with van der Waals surface area (Å²) in [6, 6.07) is 0. The Bertz CT molecular complexity index is 318. The van der Waals surface area contributed by atoms with E-state index in [1.54, 1.807) is 0 Å². The summed E-state index contributed by atoms with van der Waals surface area (Å²) in [5, 5.41) is 4.16. The van der Waals surface area contributed by atoms with Crippen LogP contribution in [-0.4, -0.2) is 36.2 Å². The zero-order valence-corrected chi connectivity index (χ0v) is 8.60. The highest BCUT2D eigenvalue weighted by molar-refractivity contribution is 5.96. The Balaban J connectivity index is 2.63. The molecule has 8 heteroatoms. The number of hydrogen-bond acceptors (Lipinski definition) is 6. The molecular weight excluding hydrogens is 220 g/mol. The van der Waals surface area contributed by atoms with Gasteiger partial charge in [-0.3, -0.25) is 19.2 Å². The van der Waals surface area contributed by atoms with Crippen LogP contribution in [0.25, 0.3) is 0 Å². The van der Waals surface area contributed by atoms with Crippen molar-refractivity contribution in [2.45, 2.75) is 26.3 Å². The van der Waals surface area contributed by atoms with Gasteiger partial charge in [0.25, 0.3) is 24.3 Å². The van der Waals surface area contributed by atoms with E-state index in [1.807, 2.05) is 0 Å². The van der Waals surface area contributed by atoms with E-state index in [-0.39, 0.29) is 0 Å². The third kappa shape index (κ3) is 2.94. The minimum atomic E-state index is -1.39. The summed E-state index contributed by atoms with van der Waals surface area (Å²) in [5.41, 5.74) is 0. The number of piperazine rings is 1. The van der Waals surface area contributed by atoms with E-state index in [0.29, 0.717) is 0 Å². The number of carbonyl (C=O) groups excluding carboxylic acids is 4. The lowest BCUT2D eigenvalue weighted by Gasteiger charge is -2.27. The Morgan fingerprint density at radius 1 is 0.938 bits per heavy atom. The molecule has 16 heavy (non-hydrogen) atoms. The second-order valence-electron chi connectivity index (χ2n) is 3.00. The fourth-order valence-corrected chi connectivity index (χ4v) is 1.04. The topological polar surface area (TPSA) is 111 Å². The number of amides is 2. The van der Waals surface area contributed by atoms with E-state index in [0.717, 1.165) is 13.8 Å². The first kappa shape index (κ1) is 12.0. The molecule has 0 aromatic carbocycles. The van der Waals surface area contributed by atoms with Crippen LogP contribution in [0.4, 0.5) is 0 Å². The molecule has 0 radical (unpaired) electrons. The molecule has 0 bridgehead atoms. The Morgan fingerprint density at radius 2 is 1.25 bits per heavy atom. The smallest absolute Gasteiger partial charge is 0.304 e. The largest absolute Gasteiger partial charge is 0.432 e. The van der Waals surface area contributed by atoms with E-state index in [4.69, 9.17) is 0 Å². The van der Waals surface area contributed by atoms with Gasteiger partial charge in [-0.05, 0) is 0 Å². The number of ether oxygens (including phenoxy) is 2. The van der Waals surface area contributed by atoms with E-state index in [9.17, 15) is 19.2 Å². The average Bonchev–Trinajstić information content (AvgIpc) is 2.11. The van der Waals surface area contributed by atoms with Crippen LogP contribution in [0.5, 0.6) is 0 Å². The minimum Gasteiger partial charge on any atom is -0.432 e. The van der Waals surface area contributed by atoms with Gasteiger partial charge < -0.3 is 20.1 Å². The molecule has 8 nitrogen and oxygen atoms in total. The van der Waals surface area contributed by atoms with Gasteiger partial charge >= 0.3 is 11.9 Å². The van der Waals surface area contributed by atoms with Gasteiger partial charge in [-0.15, -0.1) is 0 Å². The quantitative estimate of drug-likeness (QED) is 0.531. The van der Waals surface area contributed by atoms with Gasteiger partial charge in [-0.1, -0.05) is 0 Å². The highest BCUT2D eigenvalue weighted by atomic mass is 16.6. The van der Waals surface area contributed by atoms with Gasteiger partial charge in [-0.2, -0.15) is 0 Å². The molecule has 1 heterocycles. The Morgan fingerprint density at radius 3 is 1.50 bits per heavy atom. The molecule has 1 saturated heterocycles. The predicted molar refractivity (Wildman–Crippen MR) is 47.4 cm³/mol. The average molecular weight is 230 g/mol. The van der Waals surface area contributed by atoms with Crippen LogP contribution in [0.15, 0.2) is 0 Å². The molecule has 0 saturated carbocycles. The fraction of sp³-hybridized carbons (Fsp3) is 0.500. The van der Waals surface area contributed by atoms with Crippen LogP contribution in [0.3, 0.4) is 0 Å². The summed E-state index contributed by atoms with van der Waals surface area (Å²) >= 11 is 0. The van der Waals surface area contributed by atoms with Crippen LogP contribution in [-0.2, 0) is 28.7 Å². The highest BCUT2D eigenvalue weighted by Gasteiger charge is 2.37. The first-order valence-corrected chi connectivity index (χ1v) is 4.35. The summed E-state index contributed by atoms with van der Waals surface area (Å²) in [4.78, 5) is 43.7. The Kier molecular flexibility index (Phi) is 3.44. The van der Waals surface area contributed by atoms with Gasteiger partial charge in [0.1, 0.15) is 0 Å². The van der Waals surface area contributed by atoms with Crippen molar-refractivity contribution in [2.75, 3.05) is 0 Å². The van der Waals surface area contributed by atoms with Gasteiger partial charge in [0.2, 0.25) is 0 Å². The van der Waals surface area contributed by atoms with E-state index in [1.165, 1.54) is 0 Å². The normalized spacial score (nSPS) is 24.1. The summed E-state index contributed by atoms with van der Waals surface area (Å²) in [7, 11) is 0. The first-order chi connectivity index (χ1) is 7.40. The number of hydrogen-bond donors (Lipinski definition) is 2. The molecule has 0 aromatic heterocycles. The van der Waals surface area contributed by atoms with Gasteiger partial charge in [0, 0.05) is 13.8 Å². The molecule has 0 spiro atoms. The molecular formula is C8H10N2O6. The van der Waals surface area contributed by atoms with Gasteiger partial charge in [0.15, 0.2) is 0 Å². The van der Waals surface area contributed by atoms with Crippen molar-refractivity contribution in [3.8, 4) is 0 Å². The van der Waals surface area contributed by atoms with Crippen LogP contribution >= 0.6 is 0 Å². The Labute approximate surface area is 90.3 Å². The van der Waals surface area contributed by atoms with Crippen molar-refractivity contribution in [3.05, 3.63) is 0 Å². The second-order valence-corrected chi connectivity index (χ2v) is 3.00. The molecule has 2 N–H and O–H groups in total. The van der Waals surface area contributed by atoms with Gasteiger partial charge in [-0.25, -0.2) is 0 Å². The zero-order chi connectivity index (χ0) is 12.3. The zero-order valence-electron chi connectivity index (χ0n) is 8.60. The third-order valence-electron chi connectivity index (χ3n) is 1.59. The molecule has 0 aliphatic carbocycles. The molecule has 0 aromatic rings. The van der Waals surface area contributed by atoms with Crippen molar-refractivity contribution in [2.24, 2.45) is 0 Å². The van der Waals surface area contributed by atoms with Crippen LogP contribution in [0.1, 0.15) is 13.8 Å². The monoisotopic (exact) mass is 230 g/mol. The number of carbonyl (C=O) groups is 4. The number of esters is 2. The molecule has 0 unspecified atom stereocenters. The van der Waals surface area contributed by atoms with E-state index < -0.39 is 36.2 Å². The molecule has 88 valence electrons. The number of rotatable bonds is 2. The molecule has 1 aliphatic rings. The lowest BCUT2D eigenvalue weighted by molar-refractivity contribution is -0.172. The lowest BCUT2D eigenvalue weighted by atomic mass is 10.3. The highest BCUT2D eigenvalue weighted by Crippen LogP contribution is 2.01. The van der Waals surface area contributed by atoms with Gasteiger partial charge in [0.05, 0.1) is 0 Å². The lowest BCUT2D eigenvalue weighted by Crippen LogP contribution is -2.63. The maximum absolute atomic E-state index is 11.3. The van der Waals surface area contributed by atoms with Crippen molar-refractivity contribution in [1.82, 2.24) is 10.6 Å². The standard InChI is InChI=1S/C8H10N2O6/c1-3(11)15-7-5(13)10-8(6(14)9-7)16-4(2)12/h7-8H,1-2H3,(H,9,14)(H,10,13)/t7-,8+. The summed E-state index contributed by atoms with van der Waals surface area (Å²) in [5.74, 6) is -2.96. The summed E-state index contributed by atoms with van der Waals surface area (Å²) < 4.78 is 9.01. The molecule has 2 atom stereocenters. The Hall–Kier alpha value is -2.12.